The van der Waals surface area contributed by atoms with Crippen LogP contribution in [0.4, 0.5) is 0 Å². The molecule has 1 atom stereocenters. The lowest BCUT2D eigenvalue weighted by Crippen LogP contribution is -2.43. The van der Waals surface area contributed by atoms with Crippen molar-refractivity contribution in [3.8, 4) is 0 Å². The monoisotopic (exact) mass is 208 g/mol. The van der Waals surface area contributed by atoms with Crippen LogP contribution in [0.15, 0.2) is 0 Å². The second kappa shape index (κ2) is 4.82. The summed E-state index contributed by atoms with van der Waals surface area (Å²) in [5.41, 5.74) is -2.30. The summed E-state index contributed by atoms with van der Waals surface area (Å²) >= 11 is 0. The van der Waals surface area contributed by atoms with Crippen LogP contribution in [-0.2, 0) is 0 Å². The molecule has 0 amide bonds. The Kier molecular flexibility index (Phi) is 4.38. The molecule has 0 rings (SSSR count). The van der Waals surface area contributed by atoms with E-state index >= 15 is 0 Å². The molecule has 0 aliphatic carbocycles. The van der Waals surface area contributed by atoms with Crippen LogP contribution in [0.5, 0.6) is 0 Å². The normalized spacial score (nSPS) is 13.6. The van der Waals surface area contributed by atoms with Crippen LogP contribution < -0.4 is 0 Å². The molecule has 0 aromatic carbocycles. The van der Waals surface area contributed by atoms with Gasteiger partial charge in [0.2, 0.25) is 0 Å². The van der Waals surface area contributed by atoms with E-state index in [1.54, 1.807) is 0 Å². The van der Waals surface area contributed by atoms with E-state index in [-0.39, 0.29) is 6.42 Å². The van der Waals surface area contributed by atoms with E-state index in [1.807, 2.05) is 0 Å². The van der Waals surface area contributed by atoms with Gasteiger partial charge in [-0.25, -0.2) is 0 Å². The van der Waals surface area contributed by atoms with Gasteiger partial charge < -0.3 is 10.2 Å². The third-order valence-corrected chi connectivity index (χ3v) is 1.95. The predicted octanol–water partition coefficient (Wildman–Crippen LogP) is -0.611. The third kappa shape index (κ3) is 2.89. The van der Waals surface area contributed by atoms with Crippen molar-refractivity contribution >= 4 is 0 Å². The van der Waals surface area contributed by atoms with E-state index in [0.717, 1.165) is 6.92 Å². The quantitative estimate of drug-likeness (QED) is 0.340. The third-order valence-electron chi connectivity index (χ3n) is 1.95. The molecule has 0 heterocycles. The summed E-state index contributed by atoms with van der Waals surface area (Å²) in [6.45, 7) is 0.308. The Morgan fingerprint density at radius 3 is 2.07 bits per heavy atom. The zero-order valence-electron chi connectivity index (χ0n) is 7.62. The molecule has 82 valence electrons. The minimum absolute atomic E-state index is 0.186. The van der Waals surface area contributed by atoms with Gasteiger partial charge in [0.05, 0.1) is 35.9 Å². The predicted molar refractivity (Wildman–Crippen MR) is 44.7 cm³/mol. The van der Waals surface area contributed by atoms with Gasteiger partial charge in [0.15, 0.2) is 0 Å². The lowest BCUT2D eigenvalue weighted by Gasteiger charge is -2.13. The van der Waals surface area contributed by atoms with Gasteiger partial charge in [-0.05, 0) is 6.42 Å². The number of nitro groups is 2. The fraction of sp³-hybridized carbons (Fsp3) is 1.00. The lowest BCUT2D eigenvalue weighted by molar-refractivity contribution is -0.793. The van der Waals surface area contributed by atoms with Crippen LogP contribution in [0.1, 0.15) is 19.8 Å². The average Bonchev–Trinajstić information content (AvgIpc) is 2.12. The Bertz CT molecular complexity index is 216. The van der Waals surface area contributed by atoms with Gasteiger partial charge >= 0.3 is 5.66 Å². The van der Waals surface area contributed by atoms with Crippen LogP contribution in [0.2, 0.25) is 0 Å². The van der Waals surface area contributed by atoms with Crippen LogP contribution >= 0.6 is 0 Å². The molecule has 0 saturated heterocycles. The smallest absolute Gasteiger partial charge is 0.394 e. The summed E-state index contributed by atoms with van der Waals surface area (Å²) < 4.78 is 0. The van der Waals surface area contributed by atoms with Gasteiger partial charge in [0, 0.05) is 0 Å². The first-order valence-electron chi connectivity index (χ1n) is 3.92. The van der Waals surface area contributed by atoms with Gasteiger partial charge in [0.1, 0.15) is 0 Å². The van der Waals surface area contributed by atoms with Crippen LogP contribution in [0.25, 0.3) is 0 Å². The summed E-state index contributed by atoms with van der Waals surface area (Å²) in [5.74, 6) is 0. The van der Waals surface area contributed by atoms with Crippen molar-refractivity contribution in [1.29, 1.82) is 0 Å². The van der Waals surface area contributed by atoms with E-state index in [4.69, 9.17) is 10.2 Å². The number of nitrogens with zero attached hydrogens (tertiary/aromatic N) is 2. The van der Waals surface area contributed by atoms with E-state index in [9.17, 15) is 20.2 Å². The Morgan fingerprint density at radius 1 is 1.36 bits per heavy atom. The molecule has 8 nitrogen and oxygen atoms in total. The van der Waals surface area contributed by atoms with Gasteiger partial charge in [-0.2, -0.15) is 0 Å². The first-order chi connectivity index (χ1) is 6.34. The molecule has 1 unspecified atom stereocenters. The number of rotatable bonds is 6. The molecule has 0 bridgehead atoms. The molecule has 0 aliphatic heterocycles. The van der Waals surface area contributed by atoms with Gasteiger partial charge in [0.25, 0.3) is 0 Å². The van der Waals surface area contributed by atoms with Crippen molar-refractivity contribution < 1.29 is 20.1 Å². The van der Waals surface area contributed by atoms with E-state index in [1.165, 1.54) is 0 Å². The lowest BCUT2D eigenvalue weighted by atomic mass is 10.0. The largest absolute Gasteiger partial charge is 0.456 e. The maximum atomic E-state index is 10.4. The maximum Gasteiger partial charge on any atom is 0.456 e. The Hall–Kier alpha value is -1.28. The Labute approximate surface area is 79.5 Å². The van der Waals surface area contributed by atoms with Gasteiger partial charge in [-0.3, -0.25) is 20.2 Å². The van der Waals surface area contributed by atoms with E-state index < -0.39 is 34.6 Å². The topological polar surface area (TPSA) is 127 Å². The summed E-state index contributed by atoms with van der Waals surface area (Å²) in [4.78, 5) is 18.8. The molecule has 0 aliphatic rings. The molecule has 8 heteroatoms. The molecule has 0 spiro atoms. The zero-order chi connectivity index (χ0) is 11.4. The summed E-state index contributed by atoms with van der Waals surface area (Å²) in [6, 6.07) is 0. The number of hydrogen-bond donors (Lipinski definition) is 2. The minimum atomic E-state index is -2.30. The highest BCUT2D eigenvalue weighted by molar-refractivity contribution is 4.64. The Morgan fingerprint density at radius 2 is 1.79 bits per heavy atom. The highest BCUT2D eigenvalue weighted by Gasteiger charge is 2.50. The fourth-order valence-corrected chi connectivity index (χ4v) is 0.781. The number of aliphatic hydroxyl groups excluding tert-OH is 2. The van der Waals surface area contributed by atoms with Crippen molar-refractivity contribution in [3.05, 3.63) is 20.2 Å². The zero-order valence-corrected chi connectivity index (χ0v) is 7.62. The fourth-order valence-electron chi connectivity index (χ4n) is 0.781. The highest BCUT2D eigenvalue weighted by atomic mass is 16.7. The first-order valence-corrected chi connectivity index (χ1v) is 3.92. The molecule has 2 N–H and O–H groups in total. The van der Waals surface area contributed by atoms with Crippen LogP contribution in [-0.4, -0.2) is 38.4 Å². The van der Waals surface area contributed by atoms with Crippen molar-refractivity contribution in [2.75, 3.05) is 6.61 Å². The van der Waals surface area contributed by atoms with Gasteiger partial charge in [-0.15, -0.1) is 0 Å². The first kappa shape index (κ1) is 12.7. The van der Waals surface area contributed by atoms with E-state index in [2.05, 4.69) is 0 Å². The van der Waals surface area contributed by atoms with E-state index in [0.29, 0.717) is 0 Å². The summed E-state index contributed by atoms with van der Waals surface area (Å²) in [5, 5.41) is 38.1. The number of hydrogen-bond acceptors (Lipinski definition) is 6. The Balaban J connectivity index is 4.40. The number of aliphatic hydroxyl groups is 2. The highest BCUT2D eigenvalue weighted by Crippen LogP contribution is 2.18. The van der Waals surface area contributed by atoms with Crippen molar-refractivity contribution in [2.24, 2.45) is 0 Å². The van der Waals surface area contributed by atoms with Crippen molar-refractivity contribution in [2.45, 2.75) is 31.5 Å². The molecule has 0 radical (unpaired) electrons. The minimum Gasteiger partial charge on any atom is -0.394 e. The maximum absolute atomic E-state index is 10.4. The summed E-state index contributed by atoms with van der Waals surface area (Å²) in [6.07, 6.45) is -1.77. The molecule has 0 fully saturated rings. The molecular weight excluding hydrogens is 196 g/mol. The second-order valence-electron chi connectivity index (χ2n) is 3.11. The molecule has 14 heavy (non-hydrogen) atoms. The molecule has 0 saturated carbocycles. The summed E-state index contributed by atoms with van der Waals surface area (Å²) in [7, 11) is 0. The van der Waals surface area contributed by atoms with Crippen LogP contribution in [0, 0.1) is 20.2 Å². The molecular formula is C6H12N2O6. The van der Waals surface area contributed by atoms with Crippen LogP contribution in [0.3, 0.4) is 0 Å². The molecule has 0 aromatic rings. The second-order valence-corrected chi connectivity index (χ2v) is 3.11. The van der Waals surface area contributed by atoms with Crippen molar-refractivity contribution in [3.63, 3.8) is 0 Å². The SMILES string of the molecule is CC(CCC(O)CO)([N+](=O)[O-])[N+](=O)[O-]. The van der Waals surface area contributed by atoms with Gasteiger partial charge in [-0.1, -0.05) is 0 Å². The average molecular weight is 208 g/mol. The standard InChI is InChI=1S/C6H12N2O6/c1-6(7(11)12,8(13)14)3-2-5(10)4-9/h5,9-10H,2-4H2,1H3. The molecule has 0 aromatic heterocycles. The van der Waals surface area contributed by atoms with Crippen molar-refractivity contribution in [1.82, 2.24) is 0 Å².